The van der Waals surface area contributed by atoms with E-state index in [-0.39, 0.29) is 34.1 Å². The van der Waals surface area contributed by atoms with Crippen molar-refractivity contribution < 1.29 is 14.3 Å². The summed E-state index contributed by atoms with van der Waals surface area (Å²) in [5.41, 5.74) is -0.0885. The molecular weight excluding hydrogens is 372 g/mol. The molecule has 0 aliphatic carbocycles. The molecule has 0 saturated heterocycles. The number of ether oxygens (including phenoxy) is 2. The van der Waals surface area contributed by atoms with E-state index in [1.165, 1.54) is 0 Å². The zero-order chi connectivity index (χ0) is 24.0. The average Bonchev–Trinajstić information content (AvgIpc) is 2.56. The van der Waals surface area contributed by atoms with Crippen molar-refractivity contribution in [3.05, 3.63) is 24.8 Å². The lowest BCUT2D eigenvalue weighted by molar-refractivity contribution is -0.130. The fraction of sp³-hybridized carbons (Fsp3) is 0.815. The number of ketones is 1. The third kappa shape index (κ3) is 9.06. The van der Waals surface area contributed by atoms with E-state index >= 15 is 0 Å². The molecule has 3 nitrogen and oxygen atoms in total. The molecule has 0 N–H and O–H groups in total. The summed E-state index contributed by atoms with van der Waals surface area (Å²) in [6.07, 6.45) is 5.36. The average molecular weight is 423 g/mol. The molecule has 2 atom stereocenters. The van der Waals surface area contributed by atoms with E-state index in [1.54, 1.807) is 0 Å². The van der Waals surface area contributed by atoms with E-state index in [0.29, 0.717) is 12.4 Å². The Morgan fingerprint density at radius 2 is 1.50 bits per heavy atom. The highest BCUT2D eigenvalue weighted by Crippen LogP contribution is 2.42. The molecule has 0 heterocycles. The van der Waals surface area contributed by atoms with Crippen molar-refractivity contribution in [1.29, 1.82) is 0 Å². The molecular formula is C27H50O3. The van der Waals surface area contributed by atoms with Crippen molar-refractivity contribution in [3.63, 3.8) is 0 Å². The third-order valence-electron chi connectivity index (χ3n) is 6.30. The molecule has 0 saturated carbocycles. The molecule has 0 radical (unpaired) electrons. The lowest BCUT2D eigenvalue weighted by Crippen LogP contribution is -2.46. The van der Waals surface area contributed by atoms with Gasteiger partial charge in [-0.3, -0.25) is 4.79 Å². The van der Waals surface area contributed by atoms with Crippen molar-refractivity contribution >= 4 is 5.78 Å². The number of hydrogen-bond donors (Lipinski definition) is 0. The first kappa shape index (κ1) is 29.1. The van der Waals surface area contributed by atoms with Crippen molar-refractivity contribution in [2.75, 3.05) is 6.61 Å². The lowest BCUT2D eigenvalue weighted by Gasteiger charge is -2.45. The number of hydrogen-bond acceptors (Lipinski definition) is 3. The van der Waals surface area contributed by atoms with Gasteiger partial charge in [0, 0.05) is 23.4 Å². The molecule has 0 aromatic rings. The van der Waals surface area contributed by atoms with Crippen LogP contribution in [0.2, 0.25) is 0 Å². The molecule has 3 heteroatoms. The number of allylic oxidation sites excluding steroid dienone is 1. The molecule has 0 aromatic carbocycles. The van der Waals surface area contributed by atoms with Gasteiger partial charge in [-0.2, -0.15) is 0 Å². The van der Waals surface area contributed by atoms with Gasteiger partial charge in [-0.05, 0) is 66.4 Å². The molecule has 0 spiro atoms. The van der Waals surface area contributed by atoms with Crippen molar-refractivity contribution in [3.8, 4) is 0 Å². The van der Waals surface area contributed by atoms with Crippen LogP contribution in [0.4, 0.5) is 0 Å². The molecule has 0 bridgehead atoms. The second kappa shape index (κ2) is 11.1. The smallest absolute Gasteiger partial charge is 0.141 e. The summed E-state index contributed by atoms with van der Waals surface area (Å²) >= 11 is 0. The summed E-state index contributed by atoms with van der Waals surface area (Å²) in [5, 5.41) is 0. The minimum atomic E-state index is -0.374. The van der Waals surface area contributed by atoms with Crippen molar-refractivity contribution in [1.82, 2.24) is 0 Å². The summed E-state index contributed by atoms with van der Waals surface area (Å²) in [4.78, 5) is 12.6. The first-order valence-electron chi connectivity index (χ1n) is 11.5. The zero-order valence-electron chi connectivity index (χ0n) is 21.9. The second-order valence-electron chi connectivity index (χ2n) is 11.7. The number of unbranched alkanes of at least 4 members (excludes halogenated alkanes) is 1. The highest BCUT2D eigenvalue weighted by molar-refractivity contribution is 5.86. The van der Waals surface area contributed by atoms with Crippen molar-refractivity contribution in [2.24, 2.45) is 16.7 Å². The Morgan fingerprint density at radius 1 is 0.967 bits per heavy atom. The van der Waals surface area contributed by atoms with Crippen LogP contribution >= 0.6 is 0 Å². The fourth-order valence-electron chi connectivity index (χ4n) is 3.67. The molecule has 0 aliphatic rings. The number of carbonyl (C=O) groups is 1. The minimum Gasteiger partial charge on any atom is -0.375 e. The summed E-state index contributed by atoms with van der Waals surface area (Å²) < 4.78 is 12.5. The van der Waals surface area contributed by atoms with Crippen molar-refractivity contribution in [2.45, 2.75) is 119 Å². The topological polar surface area (TPSA) is 35.5 Å². The van der Waals surface area contributed by atoms with Gasteiger partial charge >= 0.3 is 0 Å². The predicted molar refractivity (Wildman–Crippen MR) is 130 cm³/mol. The first-order valence-corrected chi connectivity index (χ1v) is 11.5. The Labute approximate surface area is 187 Å². The summed E-state index contributed by atoms with van der Waals surface area (Å²) in [6.45, 7) is 31.7. The van der Waals surface area contributed by atoms with E-state index < -0.39 is 0 Å². The molecule has 176 valence electrons. The lowest BCUT2D eigenvalue weighted by atomic mass is 9.70. The molecule has 2 unspecified atom stereocenters. The van der Waals surface area contributed by atoms with Gasteiger partial charge in [0.15, 0.2) is 0 Å². The van der Waals surface area contributed by atoms with Gasteiger partial charge in [0.25, 0.3) is 0 Å². The Kier molecular flexibility index (Phi) is 10.7. The maximum atomic E-state index is 12.6. The van der Waals surface area contributed by atoms with E-state index in [1.807, 2.05) is 26.8 Å². The minimum absolute atomic E-state index is 0.0500. The quantitative estimate of drug-likeness (QED) is 0.227. The van der Waals surface area contributed by atoms with Gasteiger partial charge < -0.3 is 9.47 Å². The van der Waals surface area contributed by atoms with Crippen LogP contribution in [0, 0.1) is 16.7 Å². The molecule has 0 fully saturated rings. The summed E-state index contributed by atoms with van der Waals surface area (Å²) in [6, 6.07) is 0. The van der Waals surface area contributed by atoms with Gasteiger partial charge in [0.05, 0.1) is 17.3 Å². The van der Waals surface area contributed by atoms with Gasteiger partial charge in [-0.15, -0.1) is 6.58 Å². The van der Waals surface area contributed by atoms with Gasteiger partial charge in [0.2, 0.25) is 0 Å². The monoisotopic (exact) mass is 422 g/mol. The first-order chi connectivity index (χ1) is 13.4. The van der Waals surface area contributed by atoms with Crippen LogP contribution in [0.3, 0.4) is 0 Å². The molecule has 0 amide bonds. The summed E-state index contributed by atoms with van der Waals surface area (Å²) in [5.74, 6) is 0.385. The molecule has 30 heavy (non-hydrogen) atoms. The Bertz CT molecular complexity index is 570. The molecule has 0 aliphatic heterocycles. The Balaban J connectivity index is 4.78. The number of carbonyl (C=O) groups excluding carboxylic acids is 1. The van der Waals surface area contributed by atoms with E-state index in [4.69, 9.17) is 9.47 Å². The van der Waals surface area contributed by atoms with Crippen LogP contribution in [-0.4, -0.2) is 29.7 Å². The van der Waals surface area contributed by atoms with E-state index in [2.05, 4.69) is 68.5 Å². The standard InChI is InChI=1S/C27H50O3/c1-14-17-22(23(28)24(4,5)6)18-15-16-19-29-27(12,13)26(10,11)20(2)21(3)30-25(7,8)9/h14,21-22H,1-2,15-19H2,3-13H3. The highest BCUT2D eigenvalue weighted by Gasteiger charge is 2.42. The second-order valence-corrected chi connectivity index (χ2v) is 11.7. The Hall–Kier alpha value is -0.930. The highest BCUT2D eigenvalue weighted by atomic mass is 16.5. The Morgan fingerprint density at radius 3 is 1.93 bits per heavy atom. The fourth-order valence-corrected chi connectivity index (χ4v) is 3.67. The maximum Gasteiger partial charge on any atom is 0.141 e. The number of rotatable bonds is 13. The third-order valence-corrected chi connectivity index (χ3v) is 6.30. The predicted octanol–water partition coefficient (Wildman–Crippen LogP) is 7.55. The zero-order valence-corrected chi connectivity index (χ0v) is 21.9. The van der Waals surface area contributed by atoms with Crippen LogP contribution in [0.25, 0.3) is 0 Å². The van der Waals surface area contributed by atoms with Gasteiger partial charge in [0.1, 0.15) is 5.78 Å². The number of Topliss-reactive ketones (excluding diaryl/α,β-unsaturated/α-hetero) is 1. The molecule has 0 aromatic heterocycles. The van der Waals surface area contributed by atoms with E-state index in [0.717, 1.165) is 31.3 Å². The normalized spacial score (nSPS) is 15.6. The van der Waals surface area contributed by atoms with Gasteiger partial charge in [-0.1, -0.05) is 53.7 Å². The van der Waals surface area contributed by atoms with Crippen LogP contribution in [-0.2, 0) is 14.3 Å². The summed E-state index contributed by atoms with van der Waals surface area (Å²) in [7, 11) is 0. The van der Waals surface area contributed by atoms with Crippen LogP contribution in [0.5, 0.6) is 0 Å². The van der Waals surface area contributed by atoms with Crippen LogP contribution in [0.1, 0.15) is 102 Å². The van der Waals surface area contributed by atoms with Crippen LogP contribution in [0.15, 0.2) is 24.8 Å². The largest absolute Gasteiger partial charge is 0.375 e. The maximum absolute atomic E-state index is 12.6. The van der Waals surface area contributed by atoms with E-state index in [9.17, 15) is 4.79 Å². The molecule has 0 rings (SSSR count). The van der Waals surface area contributed by atoms with Crippen LogP contribution < -0.4 is 0 Å². The SMILES string of the molecule is C=CCC(CCCCOC(C)(C)C(C)(C)C(=C)C(C)OC(C)(C)C)C(=O)C(C)(C)C. The van der Waals surface area contributed by atoms with Gasteiger partial charge in [-0.25, -0.2) is 0 Å².